The van der Waals surface area contributed by atoms with Gasteiger partial charge in [0.15, 0.2) is 11.9 Å². The first-order valence-electron chi connectivity index (χ1n) is 19.2. The molecule has 3 fully saturated rings. The normalized spacial score (nSPS) is 43.5. The SMILES string of the molecule is C=C1[C@H](C)C[C@@](C)(OC)C[C@@H](C)[C@H](O[C@H]2C[C@@](C)(OC)[C@@H](O)[C@H](C)O2)[C@@H](C)C(=O)O[C@H](CC)[C@@](C)(OC(N)=O)[C@H](CC2CN(C(=O)CCl)CC2N)[C@H]1C. The van der Waals surface area contributed by atoms with Crippen molar-refractivity contribution in [2.75, 3.05) is 33.2 Å². The predicted octanol–water partition coefficient (Wildman–Crippen LogP) is 4.78. The molecule has 0 aromatic carbocycles. The number of aliphatic hydroxyl groups is 1. The Balaban J connectivity index is 2.14. The van der Waals surface area contributed by atoms with Gasteiger partial charge in [-0.05, 0) is 84.0 Å². The molecule has 2 amide bonds. The number of halogens is 1. The van der Waals surface area contributed by atoms with Crippen LogP contribution in [0.2, 0.25) is 0 Å². The van der Waals surface area contributed by atoms with Crippen LogP contribution in [-0.2, 0) is 38.0 Å². The zero-order valence-electron chi connectivity index (χ0n) is 33.9. The van der Waals surface area contributed by atoms with E-state index in [1.165, 1.54) is 0 Å². The summed E-state index contributed by atoms with van der Waals surface area (Å²) < 4.78 is 37.3. The van der Waals surface area contributed by atoms with Gasteiger partial charge < -0.3 is 49.9 Å². The summed E-state index contributed by atoms with van der Waals surface area (Å²) in [5, 5.41) is 10.9. The lowest BCUT2D eigenvalue weighted by Crippen LogP contribution is -2.58. The van der Waals surface area contributed by atoms with Gasteiger partial charge in [-0.2, -0.15) is 0 Å². The van der Waals surface area contributed by atoms with Crippen molar-refractivity contribution in [3.8, 4) is 0 Å². The van der Waals surface area contributed by atoms with Crippen molar-refractivity contribution in [1.29, 1.82) is 0 Å². The molecule has 0 saturated carbocycles. The number of cyclic esters (lactones) is 1. The molecule has 0 aromatic rings. The molecule has 0 aromatic heterocycles. The molecule has 15 atom stereocenters. The number of hydrogen-bond donors (Lipinski definition) is 3. The molecular weight excluding hydrogens is 706 g/mol. The lowest BCUT2D eigenvalue weighted by atomic mass is 9.66. The highest BCUT2D eigenvalue weighted by Gasteiger charge is 2.53. The number of ether oxygens (including phenoxy) is 6. The van der Waals surface area contributed by atoms with E-state index in [9.17, 15) is 19.5 Å². The number of allylic oxidation sites excluding steroid dienone is 1. The van der Waals surface area contributed by atoms with E-state index in [-0.39, 0.29) is 47.9 Å². The van der Waals surface area contributed by atoms with Crippen LogP contribution in [0.3, 0.4) is 0 Å². The number of nitrogens with two attached hydrogens (primary N) is 2. The highest BCUT2D eigenvalue weighted by Crippen LogP contribution is 2.46. The number of esters is 1. The van der Waals surface area contributed by atoms with E-state index in [1.807, 2.05) is 34.6 Å². The molecular formula is C39H68ClN3O10. The summed E-state index contributed by atoms with van der Waals surface area (Å²) in [5.41, 5.74) is 10.3. The summed E-state index contributed by atoms with van der Waals surface area (Å²) in [6.45, 7) is 22.5. The van der Waals surface area contributed by atoms with E-state index < -0.39 is 71.4 Å². The molecule has 3 saturated heterocycles. The Labute approximate surface area is 322 Å². The second kappa shape index (κ2) is 18.3. The quantitative estimate of drug-likeness (QED) is 0.167. The maximum atomic E-state index is 14.4. The van der Waals surface area contributed by atoms with Crippen LogP contribution < -0.4 is 11.5 Å². The molecule has 3 aliphatic heterocycles. The second-order valence-corrected chi connectivity index (χ2v) is 17.0. The first-order valence-corrected chi connectivity index (χ1v) is 19.7. The fraction of sp³-hybridized carbons (Fsp3) is 0.872. The third kappa shape index (κ3) is 10.3. The van der Waals surface area contributed by atoms with E-state index in [0.29, 0.717) is 38.8 Å². The Morgan fingerprint density at radius 2 is 1.68 bits per heavy atom. The maximum Gasteiger partial charge on any atom is 0.405 e. The van der Waals surface area contributed by atoms with Crippen LogP contribution in [0.5, 0.6) is 0 Å². The summed E-state index contributed by atoms with van der Waals surface area (Å²) in [6, 6.07) is -0.351. The van der Waals surface area contributed by atoms with Crippen LogP contribution in [0.15, 0.2) is 12.2 Å². The molecule has 306 valence electrons. The Hall–Kier alpha value is -2.00. The van der Waals surface area contributed by atoms with Crippen LogP contribution in [0, 0.1) is 35.5 Å². The Bertz CT molecular complexity index is 1290. The minimum atomic E-state index is -1.42. The van der Waals surface area contributed by atoms with Crippen molar-refractivity contribution in [2.24, 2.45) is 47.0 Å². The van der Waals surface area contributed by atoms with E-state index in [0.717, 1.165) is 5.57 Å². The van der Waals surface area contributed by atoms with Gasteiger partial charge in [0.1, 0.15) is 18.1 Å². The van der Waals surface area contributed by atoms with Crippen molar-refractivity contribution in [2.45, 2.75) is 148 Å². The molecule has 3 heterocycles. The van der Waals surface area contributed by atoms with Crippen LogP contribution in [0.1, 0.15) is 94.4 Å². The van der Waals surface area contributed by atoms with E-state index in [2.05, 4.69) is 13.5 Å². The minimum absolute atomic E-state index is 0.0529. The van der Waals surface area contributed by atoms with Gasteiger partial charge >= 0.3 is 12.1 Å². The Morgan fingerprint density at radius 1 is 1.04 bits per heavy atom. The standard InChI is InChI=1S/C39H68ClN3O10/c1-13-30-39(10,53-36(42)47)28(14-27-19-43(20-29(27)41)31(44)18-40)24(5)23(4)21(2)15-37(8,48-11)16-22(3)33(25(6)35(46)51-30)52-32-17-38(9,49-12)34(45)26(7)50-32/h21-22,24-30,32-34,45H,4,13-20,41H2,1-3,5-12H3,(H2,42,47)/t21-,22-,24+,25-,26+,27?,28-,29?,30-,32+,33+,34+,37-,38-,39+/m1/s1. The largest absolute Gasteiger partial charge is 0.458 e. The number of carbonyl (C=O) groups is 3. The number of methoxy groups -OCH3 is 2. The minimum Gasteiger partial charge on any atom is -0.458 e. The molecule has 53 heavy (non-hydrogen) atoms. The van der Waals surface area contributed by atoms with Gasteiger partial charge in [-0.1, -0.05) is 39.8 Å². The molecule has 0 bridgehead atoms. The van der Waals surface area contributed by atoms with E-state index >= 15 is 0 Å². The number of aliphatic hydroxyl groups excluding tert-OH is 1. The summed E-state index contributed by atoms with van der Waals surface area (Å²) >= 11 is 5.91. The zero-order chi connectivity index (χ0) is 40.2. The van der Waals surface area contributed by atoms with Gasteiger partial charge in [-0.3, -0.25) is 9.59 Å². The number of hydrogen-bond acceptors (Lipinski definition) is 11. The monoisotopic (exact) mass is 773 g/mol. The molecule has 13 nitrogen and oxygen atoms in total. The van der Waals surface area contributed by atoms with Gasteiger partial charge in [0.2, 0.25) is 5.91 Å². The number of alkyl halides is 1. The third-order valence-corrected chi connectivity index (χ3v) is 13.1. The van der Waals surface area contributed by atoms with Gasteiger partial charge in [-0.15, -0.1) is 11.6 Å². The molecule has 2 unspecified atom stereocenters. The topological polar surface area (TPSA) is 182 Å². The number of primary amides is 1. The number of likely N-dealkylation sites (tertiary alicyclic amines) is 1. The average molecular weight is 774 g/mol. The number of amides is 2. The summed E-state index contributed by atoms with van der Waals surface area (Å²) in [4.78, 5) is 41.4. The predicted molar refractivity (Wildman–Crippen MR) is 202 cm³/mol. The van der Waals surface area contributed by atoms with Gasteiger partial charge in [0.05, 0.1) is 29.3 Å². The fourth-order valence-electron chi connectivity index (χ4n) is 9.33. The number of carbonyl (C=O) groups excluding carboxylic acids is 3. The van der Waals surface area contributed by atoms with Crippen LogP contribution >= 0.6 is 11.6 Å². The summed E-state index contributed by atoms with van der Waals surface area (Å²) in [7, 11) is 3.23. The second-order valence-electron chi connectivity index (χ2n) is 16.8. The highest BCUT2D eigenvalue weighted by molar-refractivity contribution is 6.27. The van der Waals surface area contributed by atoms with E-state index in [1.54, 1.807) is 39.9 Å². The van der Waals surface area contributed by atoms with Gasteiger partial charge in [-0.25, -0.2) is 4.79 Å². The smallest absolute Gasteiger partial charge is 0.405 e. The summed E-state index contributed by atoms with van der Waals surface area (Å²) in [5.74, 6) is -2.89. The van der Waals surface area contributed by atoms with Crippen molar-refractivity contribution in [3.63, 3.8) is 0 Å². The first-order chi connectivity index (χ1) is 24.6. The third-order valence-electron chi connectivity index (χ3n) is 12.9. The molecule has 0 aliphatic carbocycles. The van der Waals surface area contributed by atoms with Crippen molar-refractivity contribution in [3.05, 3.63) is 12.2 Å². The Kier molecular flexibility index (Phi) is 15.7. The van der Waals surface area contributed by atoms with Gasteiger partial charge in [0.25, 0.3) is 0 Å². The number of rotatable bonds is 9. The van der Waals surface area contributed by atoms with Crippen molar-refractivity contribution < 1.29 is 47.9 Å². The van der Waals surface area contributed by atoms with Crippen LogP contribution in [-0.4, -0.2) is 115 Å². The average Bonchev–Trinajstić information content (AvgIpc) is 3.47. The molecule has 0 radical (unpaired) electrons. The molecule has 0 spiro atoms. The number of nitrogens with zero attached hydrogens (tertiary/aromatic N) is 1. The zero-order valence-corrected chi connectivity index (χ0v) is 34.6. The summed E-state index contributed by atoms with van der Waals surface area (Å²) in [6.07, 6.45) is -2.78. The molecule has 3 aliphatic rings. The highest BCUT2D eigenvalue weighted by atomic mass is 35.5. The fourth-order valence-corrected chi connectivity index (χ4v) is 9.50. The molecule has 3 rings (SSSR count). The molecule has 5 N–H and O–H groups in total. The lowest BCUT2D eigenvalue weighted by Gasteiger charge is -2.48. The van der Waals surface area contributed by atoms with Crippen molar-refractivity contribution >= 4 is 29.6 Å². The maximum absolute atomic E-state index is 14.4. The van der Waals surface area contributed by atoms with Gasteiger partial charge in [0, 0.05) is 45.7 Å². The first kappa shape index (κ1) is 45.4. The Morgan fingerprint density at radius 3 is 2.23 bits per heavy atom. The lowest BCUT2D eigenvalue weighted by molar-refractivity contribution is -0.296. The van der Waals surface area contributed by atoms with Crippen LogP contribution in [0.4, 0.5) is 4.79 Å². The van der Waals surface area contributed by atoms with Crippen molar-refractivity contribution in [1.82, 2.24) is 4.90 Å². The van der Waals surface area contributed by atoms with E-state index in [4.69, 9.17) is 51.5 Å². The molecule has 14 heteroatoms. The van der Waals surface area contributed by atoms with Crippen LogP contribution in [0.25, 0.3) is 0 Å².